The van der Waals surface area contributed by atoms with Crippen LogP contribution in [0.25, 0.3) is 10.9 Å². The Morgan fingerprint density at radius 2 is 1.80 bits per heavy atom. The fourth-order valence-corrected chi connectivity index (χ4v) is 3.62. The maximum absolute atomic E-state index is 13.8. The number of fused-ring (bicyclic) bond motifs is 1. The number of H-pyrrole nitrogens is 1. The molecule has 1 aromatic heterocycles. The number of rotatable bonds is 6. The molecule has 4 aromatic rings. The second-order valence-electron chi connectivity index (χ2n) is 7.10. The van der Waals surface area contributed by atoms with Crippen molar-refractivity contribution in [3.8, 4) is 0 Å². The van der Waals surface area contributed by atoms with E-state index in [1.54, 1.807) is 30.3 Å². The molecule has 0 aliphatic carbocycles. The van der Waals surface area contributed by atoms with E-state index >= 15 is 0 Å². The number of carbonyl (C=O) groups excluding carboxylic acids is 1. The molecule has 0 bridgehead atoms. The van der Waals surface area contributed by atoms with Gasteiger partial charge in [0.2, 0.25) is 0 Å². The number of halogens is 3. The summed E-state index contributed by atoms with van der Waals surface area (Å²) in [6, 6.07) is 16.7. The van der Waals surface area contributed by atoms with Crippen molar-refractivity contribution >= 4 is 28.4 Å². The third-order valence-corrected chi connectivity index (χ3v) is 5.29. The number of aromatic nitrogens is 1. The molecule has 3 nitrogen and oxygen atoms in total. The molecule has 152 valence electrons. The van der Waals surface area contributed by atoms with E-state index in [-0.39, 0.29) is 17.9 Å². The van der Waals surface area contributed by atoms with E-state index in [1.807, 2.05) is 24.4 Å². The Bertz CT molecular complexity index is 1200. The van der Waals surface area contributed by atoms with Gasteiger partial charge in [-0.15, -0.1) is 0 Å². The largest absolute Gasteiger partial charge is 0.361 e. The Morgan fingerprint density at radius 1 is 1.00 bits per heavy atom. The third-order valence-electron chi connectivity index (χ3n) is 5.05. The number of hydrogen-bond acceptors (Lipinski definition) is 1. The zero-order chi connectivity index (χ0) is 21.1. The summed E-state index contributed by atoms with van der Waals surface area (Å²) < 4.78 is 27.2. The average Bonchev–Trinajstić information content (AvgIpc) is 3.14. The summed E-state index contributed by atoms with van der Waals surface area (Å²) in [6.45, 7) is 0.481. The predicted molar refractivity (Wildman–Crippen MR) is 115 cm³/mol. The summed E-state index contributed by atoms with van der Waals surface area (Å²) in [6.07, 6.45) is 2.85. The molecule has 6 heteroatoms. The number of aromatic amines is 1. The first kappa shape index (κ1) is 20.1. The summed E-state index contributed by atoms with van der Waals surface area (Å²) in [7, 11) is 0. The van der Waals surface area contributed by atoms with Crippen molar-refractivity contribution in [2.45, 2.75) is 12.8 Å². The van der Waals surface area contributed by atoms with Crippen LogP contribution in [0.1, 0.15) is 27.0 Å². The summed E-state index contributed by atoms with van der Waals surface area (Å²) in [4.78, 5) is 15.6. The Kier molecular flexibility index (Phi) is 5.81. The zero-order valence-electron chi connectivity index (χ0n) is 16.0. The first-order valence-corrected chi connectivity index (χ1v) is 9.94. The average molecular weight is 425 g/mol. The number of nitrogens with one attached hydrogen (secondary N) is 2. The summed E-state index contributed by atoms with van der Waals surface area (Å²) in [5, 5.41) is 4.63. The van der Waals surface area contributed by atoms with Crippen LogP contribution in [-0.2, 0) is 12.8 Å². The molecule has 0 aliphatic heterocycles. The van der Waals surface area contributed by atoms with Crippen molar-refractivity contribution in [3.63, 3.8) is 0 Å². The van der Waals surface area contributed by atoms with Gasteiger partial charge in [0.15, 0.2) is 11.6 Å². The number of hydrogen-bond donors (Lipinski definition) is 2. The van der Waals surface area contributed by atoms with E-state index in [0.717, 1.165) is 28.1 Å². The Morgan fingerprint density at radius 3 is 2.60 bits per heavy atom. The van der Waals surface area contributed by atoms with Crippen LogP contribution in [0.15, 0.2) is 66.9 Å². The van der Waals surface area contributed by atoms with Gasteiger partial charge in [-0.2, -0.15) is 0 Å². The molecule has 0 unspecified atom stereocenters. The van der Waals surface area contributed by atoms with Gasteiger partial charge in [0.25, 0.3) is 5.91 Å². The summed E-state index contributed by atoms with van der Waals surface area (Å²) in [5.74, 6) is -1.88. The van der Waals surface area contributed by atoms with Crippen molar-refractivity contribution in [2.24, 2.45) is 0 Å². The smallest absolute Gasteiger partial charge is 0.251 e. The maximum Gasteiger partial charge on any atom is 0.251 e. The van der Waals surface area contributed by atoms with Crippen LogP contribution in [-0.4, -0.2) is 17.4 Å². The molecule has 0 radical (unpaired) electrons. The first-order chi connectivity index (χ1) is 14.5. The lowest BCUT2D eigenvalue weighted by Gasteiger charge is -2.07. The van der Waals surface area contributed by atoms with Crippen molar-refractivity contribution in [1.82, 2.24) is 10.3 Å². The van der Waals surface area contributed by atoms with Gasteiger partial charge < -0.3 is 10.3 Å². The highest BCUT2D eigenvalue weighted by atomic mass is 35.5. The minimum atomic E-state index is -0.860. The van der Waals surface area contributed by atoms with E-state index in [4.69, 9.17) is 11.6 Å². The van der Waals surface area contributed by atoms with Crippen LogP contribution in [0, 0.1) is 11.6 Å². The fourth-order valence-electron chi connectivity index (χ4n) is 3.45. The SMILES string of the molecule is O=C(NCCc1c[nH]c2ccc(Cl)cc12)c1ccc(Cc2cccc(F)c2F)cc1. The van der Waals surface area contributed by atoms with Crippen LogP contribution in [0.3, 0.4) is 0 Å². The van der Waals surface area contributed by atoms with Crippen LogP contribution < -0.4 is 5.32 Å². The molecule has 0 saturated heterocycles. The maximum atomic E-state index is 13.8. The lowest BCUT2D eigenvalue weighted by atomic mass is 10.0. The van der Waals surface area contributed by atoms with Crippen molar-refractivity contribution in [1.29, 1.82) is 0 Å². The first-order valence-electron chi connectivity index (χ1n) is 9.57. The minimum Gasteiger partial charge on any atom is -0.361 e. The molecule has 0 spiro atoms. The van der Waals surface area contributed by atoms with Crippen LogP contribution >= 0.6 is 11.6 Å². The fraction of sp³-hybridized carbons (Fsp3) is 0.125. The van der Waals surface area contributed by atoms with Gasteiger partial charge in [0, 0.05) is 40.7 Å². The molecular formula is C24H19ClF2N2O. The second kappa shape index (κ2) is 8.67. The van der Waals surface area contributed by atoms with E-state index in [9.17, 15) is 13.6 Å². The van der Waals surface area contributed by atoms with Gasteiger partial charge in [-0.25, -0.2) is 8.78 Å². The Hall–Kier alpha value is -3.18. The summed E-state index contributed by atoms with van der Waals surface area (Å²) in [5.41, 5.74) is 3.68. The molecule has 30 heavy (non-hydrogen) atoms. The van der Waals surface area contributed by atoms with E-state index < -0.39 is 11.6 Å². The monoisotopic (exact) mass is 424 g/mol. The second-order valence-corrected chi connectivity index (χ2v) is 7.53. The number of benzene rings is 3. The molecule has 1 heterocycles. The quantitative estimate of drug-likeness (QED) is 0.412. The third kappa shape index (κ3) is 4.36. The predicted octanol–water partition coefficient (Wildman–Crippen LogP) is 5.66. The van der Waals surface area contributed by atoms with Gasteiger partial charge in [0.05, 0.1) is 0 Å². The van der Waals surface area contributed by atoms with Crippen LogP contribution in [0.2, 0.25) is 5.02 Å². The van der Waals surface area contributed by atoms with Gasteiger partial charge >= 0.3 is 0 Å². The number of amides is 1. The molecule has 1 amide bonds. The normalized spacial score (nSPS) is 11.0. The zero-order valence-corrected chi connectivity index (χ0v) is 16.8. The highest BCUT2D eigenvalue weighted by Crippen LogP contribution is 2.22. The van der Waals surface area contributed by atoms with Crippen LogP contribution in [0.4, 0.5) is 8.78 Å². The van der Waals surface area contributed by atoms with Gasteiger partial charge in [-0.3, -0.25) is 4.79 Å². The van der Waals surface area contributed by atoms with E-state index in [0.29, 0.717) is 23.6 Å². The molecular weight excluding hydrogens is 406 g/mol. The molecule has 4 rings (SSSR count). The summed E-state index contributed by atoms with van der Waals surface area (Å²) >= 11 is 6.07. The molecule has 0 fully saturated rings. The van der Waals surface area contributed by atoms with Gasteiger partial charge in [-0.05, 0) is 59.5 Å². The van der Waals surface area contributed by atoms with Crippen LogP contribution in [0.5, 0.6) is 0 Å². The van der Waals surface area contributed by atoms with Crippen molar-refractivity contribution in [3.05, 3.63) is 106 Å². The topological polar surface area (TPSA) is 44.9 Å². The van der Waals surface area contributed by atoms with E-state index in [1.165, 1.54) is 6.07 Å². The Labute approximate surface area is 177 Å². The molecule has 0 aliphatic rings. The molecule has 0 saturated carbocycles. The number of carbonyl (C=O) groups is 1. The van der Waals surface area contributed by atoms with Crippen molar-refractivity contribution < 1.29 is 13.6 Å². The molecule has 2 N–H and O–H groups in total. The lowest BCUT2D eigenvalue weighted by molar-refractivity contribution is 0.0954. The van der Waals surface area contributed by atoms with Crippen molar-refractivity contribution in [2.75, 3.05) is 6.54 Å². The molecule has 0 atom stereocenters. The lowest BCUT2D eigenvalue weighted by Crippen LogP contribution is -2.25. The standard InChI is InChI=1S/C24H19ClF2N2O/c25-19-8-9-22-20(13-19)18(14-29-22)10-11-28-24(30)16-6-4-15(5-7-16)12-17-2-1-3-21(26)23(17)27/h1-9,13-14,29H,10-12H2,(H,28,30). The molecule has 3 aromatic carbocycles. The van der Waals surface area contributed by atoms with E-state index in [2.05, 4.69) is 10.3 Å². The Balaban J connectivity index is 1.35. The minimum absolute atomic E-state index is 0.184. The van der Waals surface area contributed by atoms with Gasteiger partial charge in [-0.1, -0.05) is 35.9 Å². The highest BCUT2D eigenvalue weighted by Gasteiger charge is 2.10. The highest BCUT2D eigenvalue weighted by molar-refractivity contribution is 6.31. The van der Waals surface area contributed by atoms with Gasteiger partial charge in [0.1, 0.15) is 0 Å².